The molecule has 0 spiro atoms. The van der Waals surface area contributed by atoms with Crippen molar-refractivity contribution < 1.29 is 0 Å². The smallest absolute Gasteiger partial charge is 0.00924 e. The Morgan fingerprint density at radius 1 is 1.50 bits per heavy atom. The first-order valence-electron chi connectivity index (χ1n) is 4.50. The lowest BCUT2D eigenvalue weighted by atomic mass is 10.1. The second kappa shape index (κ2) is 3.38. The van der Waals surface area contributed by atoms with Crippen LogP contribution in [-0.4, -0.2) is 13.1 Å². The first kappa shape index (κ1) is 8.06. The van der Waals surface area contributed by atoms with Gasteiger partial charge in [0.05, 0.1) is 0 Å². The molecular weight excluding hydrogens is 122 g/mol. The summed E-state index contributed by atoms with van der Waals surface area (Å²) < 4.78 is 0. The summed E-state index contributed by atoms with van der Waals surface area (Å²) in [6.45, 7) is 4.57. The van der Waals surface area contributed by atoms with Crippen molar-refractivity contribution in [2.45, 2.75) is 39.2 Å². The van der Waals surface area contributed by atoms with Crippen molar-refractivity contribution in [1.82, 2.24) is 5.32 Å². The highest BCUT2D eigenvalue weighted by molar-refractivity contribution is 4.92. The molecule has 1 saturated carbocycles. The van der Waals surface area contributed by atoms with E-state index in [1.165, 1.54) is 19.3 Å². The number of rotatable bonds is 4. The summed E-state index contributed by atoms with van der Waals surface area (Å²) in [5.41, 5.74) is 0. The molecule has 0 aromatic carbocycles. The maximum atomic E-state index is 3.38. The summed E-state index contributed by atoms with van der Waals surface area (Å²) in [4.78, 5) is 0. The molecule has 0 radical (unpaired) electrons. The highest BCUT2D eigenvalue weighted by Crippen LogP contribution is 2.44. The molecule has 1 heteroatoms. The molecule has 0 aliphatic heterocycles. The van der Waals surface area contributed by atoms with Crippen LogP contribution in [0.5, 0.6) is 0 Å². The molecular formula is C9H19N. The van der Waals surface area contributed by atoms with Gasteiger partial charge in [0.2, 0.25) is 0 Å². The predicted octanol–water partition coefficient (Wildman–Crippen LogP) is 2.03. The van der Waals surface area contributed by atoms with Crippen LogP contribution in [0.25, 0.3) is 0 Å². The van der Waals surface area contributed by atoms with E-state index in [1.807, 2.05) is 0 Å². The second-order valence-corrected chi connectivity index (χ2v) is 3.37. The summed E-state index contributed by atoms with van der Waals surface area (Å²) in [6, 6.07) is 0.796. The predicted molar refractivity (Wildman–Crippen MR) is 45.0 cm³/mol. The Morgan fingerprint density at radius 2 is 2.20 bits per heavy atom. The van der Waals surface area contributed by atoms with Crippen LogP contribution < -0.4 is 5.32 Å². The third-order valence-corrected chi connectivity index (χ3v) is 2.83. The molecule has 10 heavy (non-hydrogen) atoms. The van der Waals surface area contributed by atoms with Gasteiger partial charge in [-0.2, -0.15) is 0 Å². The summed E-state index contributed by atoms with van der Waals surface area (Å²) in [5.74, 6) is 2.04. The summed E-state index contributed by atoms with van der Waals surface area (Å²) >= 11 is 0. The average molecular weight is 141 g/mol. The molecule has 1 fully saturated rings. The molecule has 0 saturated heterocycles. The van der Waals surface area contributed by atoms with Gasteiger partial charge < -0.3 is 5.32 Å². The SMILES string of the molecule is CCC1CC1C(CC)NC. The fourth-order valence-electron chi connectivity index (χ4n) is 1.95. The number of nitrogens with one attached hydrogen (secondary N) is 1. The van der Waals surface area contributed by atoms with E-state index in [0.29, 0.717) is 0 Å². The van der Waals surface area contributed by atoms with Crippen LogP contribution in [0.1, 0.15) is 33.1 Å². The van der Waals surface area contributed by atoms with Gasteiger partial charge in [0.25, 0.3) is 0 Å². The molecule has 1 aliphatic rings. The van der Waals surface area contributed by atoms with Crippen LogP contribution in [-0.2, 0) is 0 Å². The lowest BCUT2D eigenvalue weighted by Gasteiger charge is -2.12. The minimum atomic E-state index is 0.796. The number of hydrogen-bond donors (Lipinski definition) is 1. The summed E-state index contributed by atoms with van der Waals surface area (Å²) in [5, 5.41) is 3.38. The van der Waals surface area contributed by atoms with Gasteiger partial charge in [-0.25, -0.2) is 0 Å². The molecule has 1 aliphatic carbocycles. The molecule has 1 N–H and O–H groups in total. The maximum absolute atomic E-state index is 3.38. The highest BCUT2D eigenvalue weighted by atomic mass is 14.9. The Balaban J connectivity index is 2.22. The van der Waals surface area contributed by atoms with Gasteiger partial charge in [-0.1, -0.05) is 20.3 Å². The van der Waals surface area contributed by atoms with Gasteiger partial charge in [-0.05, 0) is 31.7 Å². The van der Waals surface area contributed by atoms with Crippen molar-refractivity contribution in [3.8, 4) is 0 Å². The molecule has 0 amide bonds. The minimum Gasteiger partial charge on any atom is -0.317 e. The van der Waals surface area contributed by atoms with Crippen molar-refractivity contribution in [3.05, 3.63) is 0 Å². The van der Waals surface area contributed by atoms with Crippen LogP contribution in [0.15, 0.2) is 0 Å². The third kappa shape index (κ3) is 1.51. The van der Waals surface area contributed by atoms with E-state index in [9.17, 15) is 0 Å². The molecule has 60 valence electrons. The Bertz CT molecular complexity index is 96.9. The van der Waals surface area contributed by atoms with Crippen molar-refractivity contribution in [3.63, 3.8) is 0 Å². The molecule has 3 unspecified atom stereocenters. The van der Waals surface area contributed by atoms with Crippen molar-refractivity contribution in [1.29, 1.82) is 0 Å². The first-order chi connectivity index (χ1) is 4.83. The topological polar surface area (TPSA) is 12.0 Å². The largest absolute Gasteiger partial charge is 0.317 e. The quantitative estimate of drug-likeness (QED) is 0.631. The van der Waals surface area contributed by atoms with E-state index in [4.69, 9.17) is 0 Å². The Labute approximate surface area is 64.2 Å². The molecule has 0 aromatic rings. The molecule has 1 nitrogen and oxygen atoms in total. The third-order valence-electron chi connectivity index (χ3n) is 2.83. The fourth-order valence-corrected chi connectivity index (χ4v) is 1.95. The van der Waals surface area contributed by atoms with E-state index >= 15 is 0 Å². The summed E-state index contributed by atoms with van der Waals surface area (Å²) in [7, 11) is 2.08. The van der Waals surface area contributed by atoms with Crippen molar-refractivity contribution >= 4 is 0 Å². The Hall–Kier alpha value is -0.0400. The lowest BCUT2D eigenvalue weighted by molar-refractivity contribution is 0.459. The minimum absolute atomic E-state index is 0.796. The first-order valence-corrected chi connectivity index (χ1v) is 4.50. The Kier molecular flexibility index (Phi) is 2.72. The normalized spacial score (nSPS) is 33.9. The van der Waals surface area contributed by atoms with Crippen LogP contribution in [0.4, 0.5) is 0 Å². The van der Waals surface area contributed by atoms with Gasteiger partial charge in [0, 0.05) is 6.04 Å². The summed E-state index contributed by atoms with van der Waals surface area (Å²) in [6.07, 6.45) is 4.14. The van der Waals surface area contributed by atoms with E-state index < -0.39 is 0 Å². The van der Waals surface area contributed by atoms with Crippen molar-refractivity contribution in [2.24, 2.45) is 11.8 Å². The number of hydrogen-bond acceptors (Lipinski definition) is 1. The van der Waals surface area contributed by atoms with Gasteiger partial charge in [-0.15, -0.1) is 0 Å². The van der Waals surface area contributed by atoms with Crippen LogP contribution in [0.2, 0.25) is 0 Å². The van der Waals surface area contributed by atoms with E-state index in [2.05, 4.69) is 26.2 Å². The van der Waals surface area contributed by atoms with Gasteiger partial charge in [-0.3, -0.25) is 0 Å². The molecule has 1 rings (SSSR count). The average Bonchev–Trinajstić information content (AvgIpc) is 2.70. The van der Waals surface area contributed by atoms with Crippen LogP contribution in [0, 0.1) is 11.8 Å². The second-order valence-electron chi connectivity index (χ2n) is 3.37. The van der Waals surface area contributed by atoms with Crippen LogP contribution in [0.3, 0.4) is 0 Å². The Morgan fingerprint density at radius 3 is 2.50 bits per heavy atom. The van der Waals surface area contributed by atoms with E-state index in [1.54, 1.807) is 0 Å². The zero-order valence-electron chi connectivity index (χ0n) is 7.35. The van der Waals surface area contributed by atoms with Crippen LogP contribution >= 0.6 is 0 Å². The van der Waals surface area contributed by atoms with Gasteiger partial charge in [0.1, 0.15) is 0 Å². The molecule has 0 aromatic heterocycles. The standard InChI is InChI=1S/C9H19N/c1-4-7-6-8(7)9(5-2)10-3/h7-10H,4-6H2,1-3H3. The maximum Gasteiger partial charge on any atom is 0.00924 e. The zero-order valence-corrected chi connectivity index (χ0v) is 7.35. The lowest BCUT2D eigenvalue weighted by Crippen LogP contribution is -2.26. The van der Waals surface area contributed by atoms with Gasteiger partial charge >= 0.3 is 0 Å². The zero-order chi connectivity index (χ0) is 7.56. The molecule has 0 bridgehead atoms. The highest BCUT2D eigenvalue weighted by Gasteiger charge is 2.39. The monoisotopic (exact) mass is 141 g/mol. The van der Waals surface area contributed by atoms with Crippen molar-refractivity contribution in [2.75, 3.05) is 7.05 Å². The fraction of sp³-hybridized carbons (Fsp3) is 1.00. The molecule has 3 atom stereocenters. The molecule has 0 heterocycles. The van der Waals surface area contributed by atoms with Gasteiger partial charge in [0.15, 0.2) is 0 Å². The van der Waals surface area contributed by atoms with E-state index in [0.717, 1.165) is 17.9 Å². The van der Waals surface area contributed by atoms with E-state index in [-0.39, 0.29) is 0 Å².